The average Bonchev–Trinajstić information content (AvgIpc) is 2.78. The number of nitrogen functional groups attached to an aromatic ring is 1. The van der Waals surface area contributed by atoms with Crippen LogP contribution in [-0.2, 0) is 7.05 Å². The van der Waals surface area contributed by atoms with Crippen molar-refractivity contribution in [1.82, 2.24) is 9.47 Å². The highest BCUT2D eigenvalue weighted by molar-refractivity contribution is 5.94. The van der Waals surface area contributed by atoms with E-state index < -0.39 is 0 Å². The minimum Gasteiger partial charge on any atom is -0.508 e. The number of aromatic hydroxyl groups is 1. The molecule has 5 nitrogen and oxygen atoms in total. The number of nitrogens with zero attached hydrogens (tertiary/aromatic N) is 2. The summed E-state index contributed by atoms with van der Waals surface area (Å²) in [4.78, 5) is 14.5. The zero-order chi connectivity index (χ0) is 15.6. The molecule has 1 atom stereocenters. The number of phenolic OH excluding ortho intramolecular Hbond substituents is 1. The number of aromatic nitrogens is 1. The molecule has 0 fully saturated rings. The van der Waals surface area contributed by atoms with Gasteiger partial charge < -0.3 is 20.3 Å². The number of carbonyl (C=O) groups is 1. The smallest absolute Gasteiger partial charge is 0.271 e. The Hall–Kier alpha value is -2.43. The molecular weight excluding hydrogens is 266 g/mol. The fraction of sp³-hybridized carbons (Fsp3) is 0.312. The van der Waals surface area contributed by atoms with E-state index in [1.165, 1.54) is 0 Å². The van der Waals surface area contributed by atoms with Crippen LogP contribution in [0.15, 0.2) is 36.5 Å². The molecule has 0 aliphatic heterocycles. The maximum atomic E-state index is 12.7. The Balaban J connectivity index is 2.30. The molecule has 0 saturated heterocycles. The van der Waals surface area contributed by atoms with Crippen molar-refractivity contribution in [2.45, 2.75) is 19.9 Å². The van der Waals surface area contributed by atoms with Crippen molar-refractivity contribution in [1.29, 1.82) is 0 Å². The quantitative estimate of drug-likeness (QED) is 0.907. The van der Waals surface area contributed by atoms with Crippen molar-refractivity contribution in [3.05, 3.63) is 47.8 Å². The highest BCUT2D eigenvalue weighted by Crippen LogP contribution is 2.25. The van der Waals surface area contributed by atoms with E-state index in [0.29, 0.717) is 17.9 Å². The second kappa shape index (κ2) is 5.91. The van der Waals surface area contributed by atoms with Crippen LogP contribution in [0, 0.1) is 0 Å². The second-order valence-corrected chi connectivity index (χ2v) is 5.13. The number of aryl methyl sites for hydroxylation is 1. The van der Waals surface area contributed by atoms with Crippen LogP contribution in [0.3, 0.4) is 0 Å². The molecule has 1 aromatic heterocycles. The molecule has 5 heteroatoms. The molecule has 1 aromatic carbocycles. The zero-order valence-corrected chi connectivity index (χ0v) is 12.6. The fourth-order valence-corrected chi connectivity index (χ4v) is 2.51. The van der Waals surface area contributed by atoms with Gasteiger partial charge in [0.05, 0.1) is 11.7 Å². The van der Waals surface area contributed by atoms with Crippen molar-refractivity contribution in [2.75, 3.05) is 12.3 Å². The molecule has 0 bridgehead atoms. The zero-order valence-electron chi connectivity index (χ0n) is 12.6. The maximum absolute atomic E-state index is 12.7. The number of carbonyl (C=O) groups excluding carboxylic acids is 1. The van der Waals surface area contributed by atoms with E-state index in [-0.39, 0.29) is 17.7 Å². The van der Waals surface area contributed by atoms with Gasteiger partial charge >= 0.3 is 0 Å². The van der Waals surface area contributed by atoms with Gasteiger partial charge in [-0.15, -0.1) is 0 Å². The molecule has 1 unspecified atom stereocenters. The highest BCUT2D eigenvalue weighted by Gasteiger charge is 2.23. The number of amides is 1. The highest BCUT2D eigenvalue weighted by atomic mass is 16.3. The van der Waals surface area contributed by atoms with E-state index in [9.17, 15) is 9.90 Å². The normalized spacial score (nSPS) is 12.1. The summed E-state index contributed by atoms with van der Waals surface area (Å²) in [6.45, 7) is 4.45. The number of nitrogens with two attached hydrogens (primary N) is 1. The average molecular weight is 287 g/mol. The number of phenols is 1. The van der Waals surface area contributed by atoms with Crippen LogP contribution in [0.5, 0.6) is 5.75 Å². The van der Waals surface area contributed by atoms with Gasteiger partial charge in [-0.2, -0.15) is 0 Å². The van der Waals surface area contributed by atoms with Gasteiger partial charge in [0.25, 0.3) is 5.91 Å². The van der Waals surface area contributed by atoms with Gasteiger partial charge in [-0.1, -0.05) is 12.1 Å². The molecule has 3 N–H and O–H groups in total. The third-order valence-electron chi connectivity index (χ3n) is 3.67. The first-order chi connectivity index (χ1) is 9.93. The predicted molar refractivity (Wildman–Crippen MR) is 83.1 cm³/mol. The third-order valence-corrected chi connectivity index (χ3v) is 3.67. The Kier molecular flexibility index (Phi) is 4.21. The Labute approximate surface area is 124 Å². The summed E-state index contributed by atoms with van der Waals surface area (Å²) in [6.07, 6.45) is 1.72. The standard InChI is InChI=1S/C16H21N3O2/c1-4-19(11(2)12-6-5-7-14(20)8-12)16(21)15-9-13(17)10-18(15)3/h5-11,20H,4,17H2,1-3H3. The van der Waals surface area contributed by atoms with Crippen LogP contribution < -0.4 is 5.73 Å². The summed E-state index contributed by atoms with van der Waals surface area (Å²) >= 11 is 0. The molecule has 2 aromatic rings. The summed E-state index contributed by atoms with van der Waals surface area (Å²) in [5.74, 6) is 0.124. The maximum Gasteiger partial charge on any atom is 0.271 e. The van der Waals surface area contributed by atoms with Crippen LogP contribution >= 0.6 is 0 Å². The van der Waals surface area contributed by atoms with Crippen LogP contribution in [-0.4, -0.2) is 27.0 Å². The Morgan fingerprint density at radius 3 is 2.67 bits per heavy atom. The minimum absolute atomic E-state index is 0.0763. The second-order valence-electron chi connectivity index (χ2n) is 5.13. The molecule has 1 heterocycles. The van der Waals surface area contributed by atoms with E-state index in [1.54, 1.807) is 47.0 Å². The van der Waals surface area contributed by atoms with Crippen LogP contribution in [0.25, 0.3) is 0 Å². The molecule has 0 radical (unpaired) electrons. The van der Waals surface area contributed by atoms with Crippen molar-refractivity contribution >= 4 is 11.6 Å². The van der Waals surface area contributed by atoms with Gasteiger partial charge in [0.15, 0.2) is 0 Å². The first-order valence-electron chi connectivity index (χ1n) is 6.95. The topological polar surface area (TPSA) is 71.5 Å². The van der Waals surface area contributed by atoms with Gasteiger partial charge in [0.2, 0.25) is 0 Å². The molecule has 0 saturated carbocycles. The number of benzene rings is 1. The summed E-state index contributed by atoms with van der Waals surface area (Å²) in [5, 5.41) is 9.60. The summed E-state index contributed by atoms with van der Waals surface area (Å²) in [5.41, 5.74) is 7.77. The number of anilines is 1. The molecule has 1 amide bonds. The van der Waals surface area contributed by atoms with Crippen molar-refractivity contribution < 1.29 is 9.90 Å². The van der Waals surface area contributed by atoms with Crippen molar-refractivity contribution in [3.63, 3.8) is 0 Å². The summed E-state index contributed by atoms with van der Waals surface area (Å²) in [7, 11) is 1.80. The van der Waals surface area contributed by atoms with Crippen LogP contribution in [0.4, 0.5) is 5.69 Å². The number of hydrogen-bond donors (Lipinski definition) is 2. The molecular formula is C16H21N3O2. The first kappa shape index (κ1) is 15.0. The van der Waals surface area contributed by atoms with E-state index >= 15 is 0 Å². The molecule has 0 spiro atoms. The lowest BCUT2D eigenvalue weighted by atomic mass is 10.1. The SMILES string of the molecule is CCN(C(=O)c1cc(N)cn1C)C(C)c1cccc(O)c1. The number of hydrogen-bond acceptors (Lipinski definition) is 3. The summed E-state index contributed by atoms with van der Waals surface area (Å²) < 4.78 is 1.73. The monoisotopic (exact) mass is 287 g/mol. The lowest BCUT2D eigenvalue weighted by Gasteiger charge is -2.28. The largest absolute Gasteiger partial charge is 0.508 e. The fourth-order valence-electron chi connectivity index (χ4n) is 2.51. The van der Waals surface area contributed by atoms with Crippen molar-refractivity contribution in [3.8, 4) is 5.75 Å². The predicted octanol–water partition coefficient (Wildman–Crippen LogP) is 2.54. The van der Waals surface area contributed by atoms with E-state index in [1.807, 2.05) is 19.9 Å². The van der Waals surface area contributed by atoms with E-state index in [2.05, 4.69) is 0 Å². The number of rotatable bonds is 4. The van der Waals surface area contributed by atoms with Crippen LogP contribution in [0.1, 0.15) is 35.9 Å². The molecule has 2 rings (SSSR count). The van der Waals surface area contributed by atoms with Gasteiger partial charge in [-0.05, 0) is 37.6 Å². The lowest BCUT2D eigenvalue weighted by Crippen LogP contribution is -2.34. The Morgan fingerprint density at radius 2 is 2.14 bits per heavy atom. The van der Waals surface area contributed by atoms with Gasteiger partial charge in [-0.25, -0.2) is 0 Å². The lowest BCUT2D eigenvalue weighted by molar-refractivity contribution is 0.0692. The van der Waals surface area contributed by atoms with E-state index in [0.717, 1.165) is 5.56 Å². The Bertz CT molecular complexity index is 649. The first-order valence-corrected chi connectivity index (χ1v) is 6.95. The minimum atomic E-state index is -0.134. The van der Waals surface area contributed by atoms with Gasteiger partial charge in [0.1, 0.15) is 11.4 Å². The molecule has 112 valence electrons. The van der Waals surface area contributed by atoms with Crippen LogP contribution in [0.2, 0.25) is 0 Å². The van der Waals surface area contributed by atoms with E-state index in [4.69, 9.17) is 5.73 Å². The molecule has 0 aliphatic rings. The van der Waals surface area contributed by atoms with Crippen molar-refractivity contribution in [2.24, 2.45) is 7.05 Å². The molecule has 0 aliphatic carbocycles. The molecule has 21 heavy (non-hydrogen) atoms. The summed E-state index contributed by atoms with van der Waals surface area (Å²) in [6, 6.07) is 8.53. The Morgan fingerprint density at radius 1 is 1.43 bits per heavy atom. The van der Waals surface area contributed by atoms with Gasteiger partial charge in [-0.3, -0.25) is 4.79 Å². The van der Waals surface area contributed by atoms with Gasteiger partial charge in [0, 0.05) is 19.8 Å². The third kappa shape index (κ3) is 3.02.